The Labute approximate surface area is 82.2 Å². The monoisotopic (exact) mass is 201 g/mol. The summed E-state index contributed by atoms with van der Waals surface area (Å²) in [5.74, 6) is 0. The lowest BCUT2D eigenvalue weighted by Crippen LogP contribution is -2.35. The summed E-state index contributed by atoms with van der Waals surface area (Å²) in [5, 5.41) is 13.7. The summed E-state index contributed by atoms with van der Waals surface area (Å²) in [6.45, 7) is 4.49. The molecular formula is C8H15N3OS. The minimum atomic E-state index is -0.619. The Bertz CT molecular complexity index is 234. The van der Waals surface area contributed by atoms with Gasteiger partial charge in [0, 0.05) is 18.1 Å². The van der Waals surface area contributed by atoms with E-state index >= 15 is 0 Å². The molecule has 4 nitrogen and oxygen atoms in total. The fourth-order valence-electron chi connectivity index (χ4n) is 0.991. The Hall–Kier alpha value is -0.680. The van der Waals surface area contributed by atoms with Gasteiger partial charge in [-0.05, 0) is 12.8 Å². The number of nitrogens with zero attached hydrogens (tertiary/aromatic N) is 2. The van der Waals surface area contributed by atoms with Crippen LogP contribution in [0.25, 0.3) is 0 Å². The lowest BCUT2D eigenvalue weighted by Gasteiger charge is -2.24. The van der Waals surface area contributed by atoms with E-state index in [0.717, 1.165) is 18.0 Å². The van der Waals surface area contributed by atoms with Crippen molar-refractivity contribution in [1.82, 2.24) is 9.36 Å². The van der Waals surface area contributed by atoms with Crippen LogP contribution in [0.1, 0.15) is 26.7 Å². The topological polar surface area (TPSA) is 58.0 Å². The van der Waals surface area contributed by atoms with E-state index < -0.39 is 5.60 Å². The van der Waals surface area contributed by atoms with Gasteiger partial charge in [-0.2, -0.15) is 4.37 Å². The van der Waals surface area contributed by atoms with Gasteiger partial charge >= 0.3 is 0 Å². The van der Waals surface area contributed by atoms with Gasteiger partial charge in [0.1, 0.15) is 6.33 Å². The lowest BCUT2D eigenvalue weighted by atomic mass is 9.98. The second-order valence-corrected chi connectivity index (χ2v) is 3.81. The third kappa shape index (κ3) is 2.93. The first-order chi connectivity index (χ1) is 6.20. The van der Waals surface area contributed by atoms with E-state index in [9.17, 15) is 5.11 Å². The van der Waals surface area contributed by atoms with Crippen LogP contribution in [0.3, 0.4) is 0 Å². The summed E-state index contributed by atoms with van der Waals surface area (Å²) >= 11 is 1.30. The molecule has 0 bridgehead atoms. The molecule has 0 spiro atoms. The molecule has 0 aliphatic rings. The SMILES string of the molecule is CCC(O)(CC)CNc1ncns1. The zero-order valence-corrected chi connectivity index (χ0v) is 8.77. The first-order valence-corrected chi connectivity index (χ1v) is 5.20. The largest absolute Gasteiger partial charge is 0.388 e. The minimum Gasteiger partial charge on any atom is -0.388 e. The van der Waals surface area contributed by atoms with Crippen LogP contribution in [0.2, 0.25) is 0 Å². The Balaban J connectivity index is 2.41. The molecule has 1 aromatic rings. The Kier molecular flexibility index (Phi) is 3.62. The van der Waals surface area contributed by atoms with E-state index in [1.807, 2.05) is 13.8 Å². The molecule has 1 heterocycles. The molecule has 0 aromatic carbocycles. The second kappa shape index (κ2) is 4.53. The molecule has 0 fully saturated rings. The Morgan fingerprint density at radius 2 is 2.23 bits per heavy atom. The molecule has 1 aromatic heterocycles. The van der Waals surface area contributed by atoms with E-state index in [1.165, 1.54) is 17.9 Å². The fourth-order valence-corrected chi connectivity index (χ4v) is 1.42. The van der Waals surface area contributed by atoms with E-state index in [4.69, 9.17) is 0 Å². The Morgan fingerprint density at radius 1 is 1.54 bits per heavy atom. The van der Waals surface area contributed by atoms with Crippen LogP contribution < -0.4 is 5.32 Å². The first kappa shape index (κ1) is 10.4. The minimum absolute atomic E-state index is 0.537. The van der Waals surface area contributed by atoms with Gasteiger partial charge in [-0.1, -0.05) is 13.8 Å². The molecule has 1 rings (SSSR count). The molecule has 5 heteroatoms. The normalized spacial score (nSPS) is 11.6. The lowest BCUT2D eigenvalue weighted by molar-refractivity contribution is 0.0457. The highest BCUT2D eigenvalue weighted by molar-refractivity contribution is 7.09. The molecule has 0 radical (unpaired) electrons. The van der Waals surface area contributed by atoms with Crippen LogP contribution >= 0.6 is 11.5 Å². The van der Waals surface area contributed by atoms with Crippen molar-refractivity contribution < 1.29 is 5.11 Å². The van der Waals surface area contributed by atoms with Crippen molar-refractivity contribution in [1.29, 1.82) is 0 Å². The molecule has 0 saturated heterocycles. The molecule has 0 aliphatic heterocycles. The predicted molar refractivity (Wildman–Crippen MR) is 53.9 cm³/mol. The van der Waals surface area contributed by atoms with Crippen molar-refractivity contribution in [2.45, 2.75) is 32.3 Å². The highest BCUT2D eigenvalue weighted by Gasteiger charge is 2.21. The molecule has 0 atom stereocenters. The van der Waals surface area contributed by atoms with Crippen molar-refractivity contribution in [3.05, 3.63) is 6.33 Å². The summed E-state index contributed by atoms with van der Waals surface area (Å²) in [7, 11) is 0. The molecule has 0 saturated carbocycles. The Morgan fingerprint density at radius 3 is 2.69 bits per heavy atom. The third-order valence-corrected chi connectivity index (χ3v) is 2.87. The van der Waals surface area contributed by atoms with Gasteiger partial charge in [0.05, 0.1) is 5.60 Å². The maximum absolute atomic E-state index is 9.92. The van der Waals surface area contributed by atoms with Crippen molar-refractivity contribution >= 4 is 16.7 Å². The first-order valence-electron chi connectivity index (χ1n) is 4.43. The zero-order chi connectivity index (χ0) is 9.73. The highest BCUT2D eigenvalue weighted by Crippen LogP contribution is 2.16. The van der Waals surface area contributed by atoms with Crippen LogP contribution in [0.5, 0.6) is 0 Å². The zero-order valence-electron chi connectivity index (χ0n) is 7.95. The number of anilines is 1. The van der Waals surface area contributed by atoms with Gasteiger partial charge < -0.3 is 10.4 Å². The average Bonchev–Trinajstić information content (AvgIpc) is 2.67. The van der Waals surface area contributed by atoms with Crippen molar-refractivity contribution in [2.24, 2.45) is 0 Å². The van der Waals surface area contributed by atoms with Gasteiger partial charge in [0.15, 0.2) is 0 Å². The number of aliphatic hydroxyl groups is 1. The summed E-state index contributed by atoms with van der Waals surface area (Å²) in [5.41, 5.74) is -0.619. The molecule has 0 amide bonds. The van der Waals surface area contributed by atoms with E-state index in [0.29, 0.717) is 6.54 Å². The predicted octanol–water partition coefficient (Wildman–Crippen LogP) is 1.50. The van der Waals surface area contributed by atoms with Gasteiger partial charge in [-0.3, -0.25) is 0 Å². The highest BCUT2D eigenvalue weighted by atomic mass is 32.1. The molecule has 13 heavy (non-hydrogen) atoms. The molecule has 74 valence electrons. The standard InChI is InChI=1S/C8H15N3OS/c1-3-8(12,4-2)5-9-7-10-6-11-13-7/h6,12H,3-5H2,1-2H3,(H,9,10,11). The fraction of sp³-hybridized carbons (Fsp3) is 0.750. The van der Waals surface area contributed by atoms with Crippen LogP contribution in [0.4, 0.5) is 5.13 Å². The quantitative estimate of drug-likeness (QED) is 0.758. The van der Waals surface area contributed by atoms with Gasteiger partial charge in [0.2, 0.25) is 5.13 Å². The van der Waals surface area contributed by atoms with Crippen LogP contribution in [-0.2, 0) is 0 Å². The maximum Gasteiger partial charge on any atom is 0.202 e. The van der Waals surface area contributed by atoms with Crippen molar-refractivity contribution in [3.63, 3.8) is 0 Å². The summed E-state index contributed by atoms with van der Waals surface area (Å²) in [6, 6.07) is 0. The van der Waals surface area contributed by atoms with E-state index in [-0.39, 0.29) is 0 Å². The summed E-state index contributed by atoms with van der Waals surface area (Å²) < 4.78 is 3.86. The summed E-state index contributed by atoms with van der Waals surface area (Å²) in [4.78, 5) is 3.97. The van der Waals surface area contributed by atoms with Crippen molar-refractivity contribution in [2.75, 3.05) is 11.9 Å². The van der Waals surface area contributed by atoms with Crippen LogP contribution in [-0.4, -0.2) is 26.6 Å². The number of aromatic nitrogens is 2. The molecule has 2 N–H and O–H groups in total. The summed E-state index contributed by atoms with van der Waals surface area (Å²) in [6.07, 6.45) is 2.99. The number of rotatable bonds is 5. The second-order valence-electron chi connectivity index (χ2n) is 3.03. The average molecular weight is 201 g/mol. The van der Waals surface area contributed by atoms with Crippen LogP contribution in [0, 0.1) is 0 Å². The van der Waals surface area contributed by atoms with E-state index in [2.05, 4.69) is 14.7 Å². The van der Waals surface area contributed by atoms with Gasteiger partial charge in [0.25, 0.3) is 0 Å². The number of hydrogen-bond acceptors (Lipinski definition) is 5. The number of nitrogens with one attached hydrogen (secondary N) is 1. The maximum atomic E-state index is 9.92. The smallest absolute Gasteiger partial charge is 0.202 e. The van der Waals surface area contributed by atoms with Crippen LogP contribution in [0.15, 0.2) is 6.33 Å². The third-order valence-electron chi connectivity index (χ3n) is 2.25. The van der Waals surface area contributed by atoms with Crippen molar-refractivity contribution in [3.8, 4) is 0 Å². The number of hydrogen-bond donors (Lipinski definition) is 2. The molecular weight excluding hydrogens is 186 g/mol. The molecule has 0 aliphatic carbocycles. The van der Waals surface area contributed by atoms with E-state index in [1.54, 1.807) is 0 Å². The molecule has 0 unspecified atom stereocenters. The van der Waals surface area contributed by atoms with Gasteiger partial charge in [-0.15, -0.1) is 0 Å². The van der Waals surface area contributed by atoms with Gasteiger partial charge in [-0.25, -0.2) is 4.98 Å².